The molecule has 88 valence electrons. The predicted molar refractivity (Wildman–Crippen MR) is 52.4 cm³/mol. The molecule has 0 aromatic carbocycles. The second-order valence-corrected chi connectivity index (χ2v) is 2.90. The summed E-state index contributed by atoms with van der Waals surface area (Å²) in [5.74, 6) is -0.980. The number of halogens is 2. The quantitative estimate of drug-likeness (QED) is 0.763. The highest BCUT2D eigenvalue weighted by atomic mass is 19.3. The van der Waals surface area contributed by atoms with Crippen LogP contribution < -0.4 is 11.3 Å². The van der Waals surface area contributed by atoms with Crippen molar-refractivity contribution in [1.82, 2.24) is 4.98 Å². The van der Waals surface area contributed by atoms with E-state index in [1.54, 1.807) is 0 Å². The lowest BCUT2D eigenvalue weighted by molar-refractivity contribution is 0.0515. The maximum Gasteiger partial charge on any atom is 0.342 e. The van der Waals surface area contributed by atoms with E-state index >= 15 is 0 Å². The summed E-state index contributed by atoms with van der Waals surface area (Å²) in [6, 6.07) is 0.859. The second kappa shape index (κ2) is 4.73. The van der Waals surface area contributed by atoms with E-state index in [1.807, 2.05) is 4.98 Å². The first kappa shape index (κ1) is 12.2. The van der Waals surface area contributed by atoms with Crippen LogP contribution in [-0.2, 0) is 4.74 Å². The minimum Gasteiger partial charge on any atom is -0.462 e. The van der Waals surface area contributed by atoms with Gasteiger partial charge < -0.3 is 15.5 Å². The van der Waals surface area contributed by atoms with Gasteiger partial charge in [-0.25, -0.2) is 13.6 Å². The lowest BCUT2D eigenvalue weighted by Crippen LogP contribution is -2.19. The van der Waals surface area contributed by atoms with Gasteiger partial charge in [-0.1, -0.05) is 0 Å². The molecular weight excluding hydrogens is 222 g/mol. The van der Waals surface area contributed by atoms with Gasteiger partial charge in [0, 0.05) is 6.07 Å². The highest BCUT2D eigenvalue weighted by Crippen LogP contribution is 2.24. The van der Waals surface area contributed by atoms with Gasteiger partial charge in [0.2, 0.25) is 5.56 Å². The maximum absolute atomic E-state index is 12.6. The van der Waals surface area contributed by atoms with Gasteiger partial charge >= 0.3 is 5.97 Å². The molecule has 5 nitrogen and oxygen atoms in total. The topological polar surface area (TPSA) is 85.2 Å². The molecule has 16 heavy (non-hydrogen) atoms. The molecule has 0 unspecified atom stereocenters. The Labute approximate surface area is 89.2 Å². The van der Waals surface area contributed by atoms with Crippen molar-refractivity contribution in [2.45, 2.75) is 13.3 Å². The minimum absolute atomic E-state index is 0.0279. The van der Waals surface area contributed by atoms with Crippen LogP contribution in [0.5, 0.6) is 0 Å². The van der Waals surface area contributed by atoms with E-state index in [9.17, 15) is 18.4 Å². The lowest BCUT2D eigenvalue weighted by Gasteiger charge is -2.09. The van der Waals surface area contributed by atoms with Gasteiger partial charge in [0.1, 0.15) is 11.3 Å². The summed E-state index contributed by atoms with van der Waals surface area (Å²) in [6.45, 7) is 1.56. The lowest BCUT2D eigenvalue weighted by atomic mass is 10.1. The summed E-state index contributed by atoms with van der Waals surface area (Å²) in [5.41, 5.74) is 2.92. The smallest absolute Gasteiger partial charge is 0.342 e. The van der Waals surface area contributed by atoms with Crippen LogP contribution in [0.3, 0.4) is 0 Å². The summed E-state index contributed by atoms with van der Waals surface area (Å²) < 4.78 is 29.7. The van der Waals surface area contributed by atoms with E-state index in [0.29, 0.717) is 0 Å². The van der Waals surface area contributed by atoms with Crippen molar-refractivity contribution in [2.24, 2.45) is 0 Å². The Kier molecular flexibility index (Phi) is 3.60. The standard InChI is InChI=1S/C9H10F2N2O3/c1-2-16-9(15)6-4(12)3-5(14)13-7(6)8(10)11/h3,8H,2H2,1H3,(H3,12,13,14). The van der Waals surface area contributed by atoms with Crippen molar-refractivity contribution in [1.29, 1.82) is 0 Å². The number of carbonyl (C=O) groups is 1. The van der Waals surface area contributed by atoms with Gasteiger partial charge in [0.15, 0.2) is 0 Å². The average molecular weight is 232 g/mol. The van der Waals surface area contributed by atoms with E-state index in [0.717, 1.165) is 6.07 Å². The summed E-state index contributed by atoms with van der Waals surface area (Å²) >= 11 is 0. The van der Waals surface area contributed by atoms with E-state index < -0.39 is 29.2 Å². The number of aromatic nitrogens is 1. The van der Waals surface area contributed by atoms with Crippen LogP contribution in [-0.4, -0.2) is 17.6 Å². The SMILES string of the molecule is CCOC(=O)c1c(N)cc(=O)[nH]c1C(F)F. The number of ether oxygens (including phenoxy) is 1. The van der Waals surface area contributed by atoms with Crippen molar-refractivity contribution in [3.8, 4) is 0 Å². The Hall–Kier alpha value is -1.92. The molecule has 0 aliphatic carbocycles. The van der Waals surface area contributed by atoms with Crippen LogP contribution in [0.4, 0.5) is 14.5 Å². The zero-order valence-electron chi connectivity index (χ0n) is 8.42. The third kappa shape index (κ3) is 2.36. The molecule has 0 saturated heterocycles. The normalized spacial score (nSPS) is 10.5. The number of hydrogen-bond acceptors (Lipinski definition) is 4. The molecule has 1 aromatic rings. The maximum atomic E-state index is 12.6. The number of nitrogens with two attached hydrogens (primary N) is 1. The third-order valence-corrected chi connectivity index (χ3v) is 1.80. The number of H-pyrrole nitrogens is 1. The fraction of sp³-hybridized carbons (Fsp3) is 0.333. The molecule has 0 fully saturated rings. The van der Waals surface area contributed by atoms with Crippen molar-refractivity contribution >= 4 is 11.7 Å². The molecule has 0 atom stereocenters. The van der Waals surface area contributed by atoms with Crippen LogP contribution in [0.25, 0.3) is 0 Å². The number of hydrogen-bond donors (Lipinski definition) is 2. The van der Waals surface area contributed by atoms with Gasteiger partial charge in [-0.2, -0.15) is 0 Å². The van der Waals surface area contributed by atoms with Crippen LogP contribution in [0, 0.1) is 0 Å². The largest absolute Gasteiger partial charge is 0.462 e. The van der Waals surface area contributed by atoms with Crippen molar-refractivity contribution in [2.75, 3.05) is 12.3 Å². The number of pyridine rings is 1. The van der Waals surface area contributed by atoms with E-state index in [4.69, 9.17) is 5.73 Å². The number of anilines is 1. The summed E-state index contributed by atoms with van der Waals surface area (Å²) in [6.07, 6.45) is -3.00. The number of nitrogen functional groups attached to an aromatic ring is 1. The summed E-state index contributed by atoms with van der Waals surface area (Å²) in [5, 5.41) is 0. The van der Waals surface area contributed by atoms with Gasteiger partial charge in [-0.05, 0) is 6.92 Å². The number of nitrogens with one attached hydrogen (secondary N) is 1. The molecular formula is C9H10F2N2O3. The van der Waals surface area contributed by atoms with Crippen LogP contribution in [0.15, 0.2) is 10.9 Å². The molecule has 0 bridgehead atoms. The number of carbonyl (C=O) groups excluding carboxylic acids is 1. The average Bonchev–Trinajstić information content (AvgIpc) is 2.16. The van der Waals surface area contributed by atoms with Crippen molar-refractivity contribution in [3.05, 3.63) is 27.7 Å². The number of aromatic amines is 1. The predicted octanol–water partition coefficient (Wildman–Crippen LogP) is 1.07. The van der Waals surface area contributed by atoms with Crippen molar-refractivity contribution in [3.63, 3.8) is 0 Å². The molecule has 0 saturated carbocycles. The Morgan fingerprint density at radius 3 is 2.75 bits per heavy atom. The molecule has 3 N–H and O–H groups in total. The van der Waals surface area contributed by atoms with Crippen LogP contribution >= 0.6 is 0 Å². The van der Waals surface area contributed by atoms with E-state index in [2.05, 4.69) is 4.74 Å². The summed E-state index contributed by atoms with van der Waals surface area (Å²) in [7, 11) is 0. The van der Waals surface area contributed by atoms with Gasteiger partial charge in [-0.15, -0.1) is 0 Å². The molecule has 7 heteroatoms. The second-order valence-electron chi connectivity index (χ2n) is 2.90. The Balaban J connectivity index is 3.35. The number of alkyl halides is 2. The highest BCUT2D eigenvalue weighted by molar-refractivity contribution is 5.96. The molecule has 0 aliphatic heterocycles. The van der Waals surface area contributed by atoms with Gasteiger partial charge in [0.25, 0.3) is 6.43 Å². The molecule has 0 aliphatic rings. The molecule has 0 amide bonds. The molecule has 1 aromatic heterocycles. The fourth-order valence-corrected chi connectivity index (χ4v) is 1.19. The highest BCUT2D eigenvalue weighted by Gasteiger charge is 2.23. The Morgan fingerprint density at radius 2 is 2.25 bits per heavy atom. The first-order valence-corrected chi connectivity index (χ1v) is 4.45. The van der Waals surface area contributed by atoms with Gasteiger partial charge in [0.05, 0.1) is 12.3 Å². The van der Waals surface area contributed by atoms with Gasteiger partial charge in [-0.3, -0.25) is 4.79 Å². The molecule has 1 heterocycles. The Bertz CT molecular complexity index is 457. The first-order valence-electron chi connectivity index (χ1n) is 4.45. The zero-order chi connectivity index (χ0) is 12.3. The van der Waals surface area contributed by atoms with E-state index in [1.165, 1.54) is 6.92 Å². The van der Waals surface area contributed by atoms with Crippen molar-refractivity contribution < 1.29 is 18.3 Å². The minimum atomic E-state index is -3.00. The molecule has 0 spiro atoms. The number of rotatable bonds is 3. The zero-order valence-corrected chi connectivity index (χ0v) is 8.42. The third-order valence-electron chi connectivity index (χ3n) is 1.80. The first-order chi connectivity index (χ1) is 7.47. The van der Waals surface area contributed by atoms with Crippen LogP contribution in [0.1, 0.15) is 29.4 Å². The van der Waals surface area contributed by atoms with E-state index in [-0.39, 0.29) is 12.3 Å². The number of esters is 1. The fourth-order valence-electron chi connectivity index (χ4n) is 1.19. The summed E-state index contributed by atoms with van der Waals surface area (Å²) in [4.78, 5) is 24.1. The van der Waals surface area contributed by atoms with Crippen LogP contribution in [0.2, 0.25) is 0 Å². The molecule has 0 radical (unpaired) electrons. The monoisotopic (exact) mass is 232 g/mol. The molecule has 1 rings (SSSR count). The Morgan fingerprint density at radius 1 is 1.62 bits per heavy atom.